The maximum absolute atomic E-state index is 10.7. The van der Waals surface area contributed by atoms with Crippen LogP contribution in [0.2, 0.25) is 0 Å². The minimum absolute atomic E-state index is 0.225. The molecule has 0 bridgehead atoms. The predicted molar refractivity (Wildman–Crippen MR) is 106 cm³/mol. The highest BCUT2D eigenvalue weighted by molar-refractivity contribution is 5.87. The number of benzene rings is 1. The molecule has 140 valence electrons. The van der Waals surface area contributed by atoms with Crippen LogP contribution in [0.5, 0.6) is 0 Å². The Bertz CT molecular complexity index is 805. The fourth-order valence-electron chi connectivity index (χ4n) is 5.60. The number of rotatable bonds is 4. The molecule has 1 aromatic heterocycles. The number of β-amino-alcohol motifs (C(OH)–C–C–N with tert-alkyl or cyclic N) is 1. The summed E-state index contributed by atoms with van der Waals surface area (Å²) in [7, 11) is 0. The number of aliphatic hydroxyl groups excluding tert-OH is 1. The number of aliphatic hydroxyl groups is 1. The highest BCUT2D eigenvalue weighted by Crippen LogP contribution is 2.42. The van der Waals surface area contributed by atoms with Crippen LogP contribution in [0.4, 0.5) is 0 Å². The smallest absolute Gasteiger partial charge is 0.0794 e. The van der Waals surface area contributed by atoms with Crippen LogP contribution >= 0.6 is 0 Å². The van der Waals surface area contributed by atoms with Gasteiger partial charge in [-0.3, -0.25) is 4.90 Å². The maximum atomic E-state index is 10.7. The van der Waals surface area contributed by atoms with Gasteiger partial charge < -0.3 is 14.6 Å². The third kappa shape index (κ3) is 2.79. The van der Waals surface area contributed by atoms with E-state index in [0.717, 1.165) is 39.3 Å². The van der Waals surface area contributed by atoms with Crippen molar-refractivity contribution in [3.8, 4) is 0 Å². The van der Waals surface area contributed by atoms with Crippen LogP contribution < -0.4 is 0 Å². The summed E-state index contributed by atoms with van der Waals surface area (Å²) in [6.45, 7) is 8.31. The largest absolute Gasteiger partial charge is 0.390 e. The lowest BCUT2D eigenvalue weighted by Crippen LogP contribution is -2.45. The van der Waals surface area contributed by atoms with Gasteiger partial charge in [0.05, 0.1) is 12.1 Å². The summed E-state index contributed by atoms with van der Waals surface area (Å²) in [5.41, 5.74) is 5.91. The molecule has 4 heteroatoms. The van der Waals surface area contributed by atoms with Gasteiger partial charge in [-0.25, -0.2) is 0 Å². The fraction of sp³-hybridized carbons (Fsp3) is 0.636. The number of hydrogen-bond donors (Lipinski definition) is 1. The summed E-state index contributed by atoms with van der Waals surface area (Å²) < 4.78 is 2.58. The van der Waals surface area contributed by atoms with E-state index in [-0.39, 0.29) is 6.10 Å². The number of aromatic nitrogens is 1. The zero-order valence-corrected chi connectivity index (χ0v) is 16.0. The Morgan fingerprint density at radius 2 is 1.92 bits per heavy atom. The normalized spacial score (nSPS) is 24.9. The van der Waals surface area contributed by atoms with E-state index < -0.39 is 0 Å². The van der Waals surface area contributed by atoms with Gasteiger partial charge in [-0.2, -0.15) is 0 Å². The highest BCUT2D eigenvalue weighted by Gasteiger charge is 2.35. The summed E-state index contributed by atoms with van der Waals surface area (Å²) in [6, 6.07) is 7.44. The average Bonchev–Trinajstić information content (AvgIpc) is 3.25. The molecule has 1 N–H and O–H groups in total. The lowest BCUT2D eigenvalue weighted by Gasteiger charge is -2.41. The van der Waals surface area contributed by atoms with Gasteiger partial charge in [-0.05, 0) is 69.8 Å². The Morgan fingerprint density at radius 3 is 2.77 bits per heavy atom. The van der Waals surface area contributed by atoms with Crippen LogP contribution in [-0.4, -0.2) is 58.3 Å². The third-order valence-electron chi connectivity index (χ3n) is 6.75. The number of nitrogens with zero attached hydrogens (tertiary/aromatic N) is 3. The summed E-state index contributed by atoms with van der Waals surface area (Å²) in [4.78, 5) is 5.01. The lowest BCUT2D eigenvalue weighted by molar-refractivity contribution is 0.0464. The first-order valence-electron chi connectivity index (χ1n) is 10.5. The van der Waals surface area contributed by atoms with E-state index in [1.807, 2.05) is 0 Å². The van der Waals surface area contributed by atoms with E-state index in [1.54, 1.807) is 11.3 Å². The molecule has 2 aromatic rings. The van der Waals surface area contributed by atoms with Gasteiger partial charge in [0.1, 0.15) is 0 Å². The molecule has 0 spiro atoms. The van der Waals surface area contributed by atoms with Gasteiger partial charge in [0, 0.05) is 42.8 Å². The molecule has 1 aliphatic carbocycles. The van der Waals surface area contributed by atoms with Gasteiger partial charge >= 0.3 is 0 Å². The van der Waals surface area contributed by atoms with E-state index >= 15 is 0 Å². The van der Waals surface area contributed by atoms with E-state index in [1.165, 1.54) is 48.6 Å². The molecule has 2 aliphatic heterocycles. The minimum Gasteiger partial charge on any atom is -0.390 e. The molecule has 2 atom stereocenters. The van der Waals surface area contributed by atoms with Crippen molar-refractivity contribution in [2.75, 3.05) is 32.7 Å². The number of aryl methyl sites for hydroxylation is 2. The molecule has 3 heterocycles. The monoisotopic (exact) mass is 353 g/mol. The van der Waals surface area contributed by atoms with E-state index in [2.05, 4.69) is 39.5 Å². The highest BCUT2D eigenvalue weighted by atomic mass is 16.3. The van der Waals surface area contributed by atoms with Crippen LogP contribution in [0.25, 0.3) is 10.9 Å². The van der Waals surface area contributed by atoms with Crippen LogP contribution in [0.15, 0.2) is 18.2 Å². The van der Waals surface area contributed by atoms with Crippen molar-refractivity contribution < 1.29 is 5.11 Å². The predicted octanol–water partition coefficient (Wildman–Crippen LogP) is 3.10. The molecule has 26 heavy (non-hydrogen) atoms. The summed E-state index contributed by atoms with van der Waals surface area (Å²) in [6.07, 6.45) is 6.08. The number of hydrogen-bond acceptors (Lipinski definition) is 3. The van der Waals surface area contributed by atoms with Gasteiger partial charge in [-0.1, -0.05) is 11.6 Å². The van der Waals surface area contributed by atoms with Crippen LogP contribution in [-0.2, 0) is 13.0 Å². The summed E-state index contributed by atoms with van der Waals surface area (Å²) >= 11 is 0. The molecule has 1 aromatic carbocycles. The van der Waals surface area contributed by atoms with Crippen molar-refractivity contribution >= 4 is 10.9 Å². The van der Waals surface area contributed by atoms with E-state index in [0.29, 0.717) is 6.04 Å². The summed E-state index contributed by atoms with van der Waals surface area (Å²) in [5.74, 6) is 0. The second kappa shape index (κ2) is 6.66. The Morgan fingerprint density at radius 1 is 1.08 bits per heavy atom. The van der Waals surface area contributed by atoms with E-state index in [4.69, 9.17) is 0 Å². The average molecular weight is 354 g/mol. The summed E-state index contributed by atoms with van der Waals surface area (Å²) in [5, 5.41) is 12.2. The fourth-order valence-corrected chi connectivity index (χ4v) is 5.60. The third-order valence-corrected chi connectivity index (χ3v) is 6.75. The molecule has 0 unspecified atom stereocenters. The quantitative estimate of drug-likeness (QED) is 0.916. The molecule has 1 saturated heterocycles. The maximum Gasteiger partial charge on any atom is 0.0794 e. The standard InChI is InChI=1S/C22H31N3O/c1-16-7-8-20-19(13-16)18-5-4-6-21-22(18)25(20)12-11-24(21)15-17(26)14-23-9-2-3-10-23/h7-8,13,17,21,26H,2-6,9-12,14-15H2,1H3/t17-,21+/m0/s1. The Hall–Kier alpha value is -1.36. The van der Waals surface area contributed by atoms with Crippen molar-refractivity contribution in [1.29, 1.82) is 0 Å². The molecular formula is C22H31N3O. The first-order valence-corrected chi connectivity index (χ1v) is 10.5. The van der Waals surface area contributed by atoms with Gasteiger partial charge in [0.2, 0.25) is 0 Å². The molecular weight excluding hydrogens is 322 g/mol. The van der Waals surface area contributed by atoms with E-state index in [9.17, 15) is 5.11 Å². The van der Waals surface area contributed by atoms with Crippen LogP contribution in [0.1, 0.15) is 48.5 Å². The molecule has 0 saturated carbocycles. The Labute approximate surface area is 156 Å². The van der Waals surface area contributed by atoms with Crippen molar-refractivity contribution in [1.82, 2.24) is 14.4 Å². The first-order chi connectivity index (χ1) is 12.7. The molecule has 1 fully saturated rings. The first kappa shape index (κ1) is 16.8. The van der Waals surface area contributed by atoms with Crippen LogP contribution in [0.3, 0.4) is 0 Å². The van der Waals surface area contributed by atoms with Crippen molar-refractivity contribution in [2.24, 2.45) is 0 Å². The van der Waals surface area contributed by atoms with Crippen LogP contribution in [0, 0.1) is 6.92 Å². The van der Waals surface area contributed by atoms with Crippen molar-refractivity contribution in [3.05, 3.63) is 35.0 Å². The Balaban J connectivity index is 1.42. The number of fused-ring (bicyclic) bond motifs is 3. The second-order valence-corrected chi connectivity index (χ2v) is 8.60. The second-order valence-electron chi connectivity index (χ2n) is 8.60. The molecule has 5 rings (SSSR count). The zero-order chi connectivity index (χ0) is 17.7. The zero-order valence-electron chi connectivity index (χ0n) is 16.0. The Kier molecular flexibility index (Phi) is 4.30. The van der Waals surface area contributed by atoms with Crippen molar-refractivity contribution in [2.45, 2.75) is 57.7 Å². The van der Waals surface area contributed by atoms with Gasteiger partial charge in [0.25, 0.3) is 0 Å². The minimum atomic E-state index is -0.225. The lowest BCUT2D eigenvalue weighted by atomic mass is 9.89. The molecule has 0 amide bonds. The van der Waals surface area contributed by atoms with Gasteiger partial charge in [-0.15, -0.1) is 0 Å². The molecule has 4 nitrogen and oxygen atoms in total. The SMILES string of the molecule is Cc1ccc2c(c1)c1c3n2CCN(C[C@@H](O)CN2CCCC2)[C@@H]3CCC1. The topological polar surface area (TPSA) is 31.6 Å². The van der Waals surface area contributed by atoms with Gasteiger partial charge in [0.15, 0.2) is 0 Å². The van der Waals surface area contributed by atoms with Crippen molar-refractivity contribution in [3.63, 3.8) is 0 Å². The number of likely N-dealkylation sites (tertiary alicyclic amines) is 1. The molecule has 3 aliphatic rings. The molecule has 0 radical (unpaired) electrons.